The van der Waals surface area contributed by atoms with Crippen molar-refractivity contribution in [3.63, 3.8) is 0 Å². The Hall–Kier alpha value is -3.64. The minimum Gasteiger partial charge on any atom is -0.480 e. The van der Waals surface area contributed by atoms with Crippen molar-refractivity contribution in [1.29, 1.82) is 0 Å². The van der Waals surface area contributed by atoms with Gasteiger partial charge < -0.3 is 15.7 Å². The van der Waals surface area contributed by atoms with Crippen LogP contribution in [-0.4, -0.2) is 28.4 Å². The predicted molar refractivity (Wildman–Crippen MR) is 123 cm³/mol. The molecule has 0 heterocycles. The summed E-state index contributed by atoms with van der Waals surface area (Å²) in [6, 6.07) is 21.5. The van der Waals surface area contributed by atoms with E-state index in [0.717, 1.165) is 16.7 Å². The molecular formula is C25H21ClN2O4. The van der Waals surface area contributed by atoms with E-state index in [1.54, 1.807) is 24.3 Å². The van der Waals surface area contributed by atoms with E-state index in [9.17, 15) is 19.5 Å². The molecule has 162 valence electrons. The third-order valence-corrected chi connectivity index (χ3v) is 5.69. The maximum absolute atomic E-state index is 12.3. The highest BCUT2D eigenvalue weighted by atomic mass is 35.5. The van der Waals surface area contributed by atoms with E-state index in [4.69, 9.17) is 11.6 Å². The highest BCUT2D eigenvalue weighted by Gasteiger charge is 2.51. The Labute approximate surface area is 190 Å². The van der Waals surface area contributed by atoms with Crippen molar-refractivity contribution in [2.75, 3.05) is 5.32 Å². The first-order chi connectivity index (χ1) is 15.3. The van der Waals surface area contributed by atoms with Gasteiger partial charge in [-0.3, -0.25) is 9.59 Å². The summed E-state index contributed by atoms with van der Waals surface area (Å²) in [5, 5.41) is 15.3. The number of aliphatic carboxylic acids is 1. The zero-order valence-corrected chi connectivity index (χ0v) is 17.9. The number of rotatable bonds is 7. The monoisotopic (exact) mass is 448 g/mol. The maximum Gasteiger partial charge on any atom is 0.329 e. The number of hydrogen-bond acceptors (Lipinski definition) is 3. The molecular weight excluding hydrogens is 428 g/mol. The fraction of sp³-hybridized carbons (Fsp3) is 0.160. The van der Waals surface area contributed by atoms with Gasteiger partial charge in [0, 0.05) is 16.3 Å². The molecule has 6 nitrogen and oxygen atoms in total. The fourth-order valence-electron chi connectivity index (χ4n) is 3.36. The minimum atomic E-state index is -1.11. The molecule has 0 saturated heterocycles. The second-order valence-corrected chi connectivity index (χ2v) is 8.28. The maximum atomic E-state index is 12.3. The number of hydrogen-bond donors (Lipinski definition) is 3. The van der Waals surface area contributed by atoms with Gasteiger partial charge in [0.1, 0.15) is 5.54 Å². The number of amides is 2. The normalized spacial score (nSPS) is 13.8. The lowest BCUT2D eigenvalue weighted by molar-refractivity contribution is -0.140. The second-order valence-electron chi connectivity index (χ2n) is 7.85. The summed E-state index contributed by atoms with van der Waals surface area (Å²) in [4.78, 5) is 35.8. The van der Waals surface area contributed by atoms with Crippen molar-refractivity contribution in [1.82, 2.24) is 5.32 Å². The first kappa shape index (κ1) is 21.6. The number of halogens is 1. The Morgan fingerprint density at radius 3 is 1.94 bits per heavy atom. The van der Waals surface area contributed by atoms with Crippen LogP contribution in [0.5, 0.6) is 0 Å². The third-order valence-electron chi connectivity index (χ3n) is 5.44. The molecule has 3 aromatic carbocycles. The van der Waals surface area contributed by atoms with Gasteiger partial charge in [0.15, 0.2) is 0 Å². The molecule has 0 radical (unpaired) electrons. The molecule has 0 spiro atoms. The molecule has 32 heavy (non-hydrogen) atoms. The molecule has 0 atom stereocenters. The van der Waals surface area contributed by atoms with Crippen molar-refractivity contribution in [3.05, 3.63) is 88.9 Å². The molecule has 3 N–H and O–H groups in total. The molecule has 0 unspecified atom stereocenters. The van der Waals surface area contributed by atoms with E-state index in [1.165, 1.54) is 0 Å². The van der Waals surface area contributed by atoms with Gasteiger partial charge in [-0.2, -0.15) is 0 Å². The molecule has 2 amide bonds. The van der Waals surface area contributed by atoms with Gasteiger partial charge in [-0.25, -0.2) is 4.79 Å². The molecule has 1 fully saturated rings. The minimum absolute atomic E-state index is 0.120. The Kier molecular flexibility index (Phi) is 5.97. The number of nitrogens with one attached hydrogen (secondary N) is 2. The number of carbonyl (C=O) groups is 3. The number of carboxylic acid groups (broad SMARTS) is 1. The zero-order valence-electron chi connectivity index (χ0n) is 17.1. The molecule has 1 aliphatic rings. The summed E-state index contributed by atoms with van der Waals surface area (Å²) < 4.78 is 0. The largest absolute Gasteiger partial charge is 0.480 e. The quantitative estimate of drug-likeness (QED) is 0.494. The predicted octanol–water partition coefficient (Wildman–Crippen LogP) is 4.54. The first-order valence-electron chi connectivity index (χ1n) is 10.2. The lowest BCUT2D eigenvalue weighted by Crippen LogP contribution is -2.43. The summed E-state index contributed by atoms with van der Waals surface area (Å²) >= 11 is 5.86. The average Bonchev–Trinajstić information content (AvgIpc) is 3.57. The van der Waals surface area contributed by atoms with Gasteiger partial charge in [0.2, 0.25) is 5.91 Å². The highest BCUT2D eigenvalue weighted by molar-refractivity contribution is 6.30. The molecule has 0 aliphatic heterocycles. The number of carboxylic acids is 1. The molecule has 1 aliphatic carbocycles. The van der Waals surface area contributed by atoms with Crippen molar-refractivity contribution in [2.24, 2.45) is 0 Å². The lowest BCUT2D eigenvalue weighted by atomic mass is 10.0. The van der Waals surface area contributed by atoms with Crippen molar-refractivity contribution in [3.8, 4) is 11.1 Å². The van der Waals surface area contributed by atoms with E-state index in [0.29, 0.717) is 29.1 Å². The number of benzene rings is 3. The molecule has 4 rings (SSSR count). The molecule has 1 saturated carbocycles. The van der Waals surface area contributed by atoms with Crippen LogP contribution in [0.2, 0.25) is 5.02 Å². The Morgan fingerprint density at radius 2 is 1.41 bits per heavy atom. The Morgan fingerprint density at radius 1 is 0.844 bits per heavy atom. The SMILES string of the molecule is O=C(Cc1ccc(Cl)cc1)Nc1ccc(-c2ccc(C(=O)NC3(C(=O)O)CC3)cc2)cc1. The van der Waals surface area contributed by atoms with Crippen LogP contribution in [-0.2, 0) is 16.0 Å². The summed E-state index contributed by atoms with van der Waals surface area (Å²) in [7, 11) is 0. The van der Waals surface area contributed by atoms with E-state index in [1.807, 2.05) is 48.5 Å². The summed E-state index contributed by atoms with van der Waals surface area (Å²) in [5.41, 5.74) is 2.70. The van der Waals surface area contributed by atoms with E-state index >= 15 is 0 Å². The molecule has 0 aromatic heterocycles. The van der Waals surface area contributed by atoms with Crippen LogP contribution in [0.4, 0.5) is 5.69 Å². The number of carbonyl (C=O) groups excluding carboxylic acids is 2. The van der Waals surface area contributed by atoms with Crippen molar-refractivity contribution < 1.29 is 19.5 Å². The van der Waals surface area contributed by atoms with E-state index in [-0.39, 0.29) is 12.3 Å². The van der Waals surface area contributed by atoms with Crippen LogP contribution < -0.4 is 10.6 Å². The second kappa shape index (κ2) is 8.85. The summed E-state index contributed by atoms with van der Waals surface area (Å²) in [5.74, 6) is -1.51. The van der Waals surface area contributed by atoms with Gasteiger partial charge in [-0.05, 0) is 65.9 Å². The molecule has 3 aromatic rings. The van der Waals surface area contributed by atoms with Crippen LogP contribution >= 0.6 is 11.6 Å². The van der Waals surface area contributed by atoms with Gasteiger partial charge in [-0.15, -0.1) is 0 Å². The molecule has 0 bridgehead atoms. The Bertz CT molecular complexity index is 1150. The van der Waals surface area contributed by atoms with Crippen molar-refractivity contribution >= 4 is 35.1 Å². The van der Waals surface area contributed by atoms with E-state index < -0.39 is 17.4 Å². The van der Waals surface area contributed by atoms with Crippen molar-refractivity contribution in [2.45, 2.75) is 24.8 Å². The van der Waals surface area contributed by atoms with Crippen LogP contribution in [0.15, 0.2) is 72.8 Å². The van der Waals surface area contributed by atoms with Crippen LogP contribution in [0.3, 0.4) is 0 Å². The average molecular weight is 449 g/mol. The van der Waals surface area contributed by atoms with Crippen LogP contribution in [0.25, 0.3) is 11.1 Å². The topological polar surface area (TPSA) is 95.5 Å². The Balaban J connectivity index is 1.36. The van der Waals surface area contributed by atoms with E-state index in [2.05, 4.69) is 10.6 Å². The zero-order chi connectivity index (χ0) is 22.7. The lowest BCUT2D eigenvalue weighted by Gasteiger charge is -2.12. The third kappa shape index (κ3) is 4.98. The summed E-state index contributed by atoms with van der Waals surface area (Å²) in [6.07, 6.45) is 1.16. The first-order valence-corrected chi connectivity index (χ1v) is 10.5. The van der Waals surface area contributed by atoms with Crippen LogP contribution in [0, 0.1) is 0 Å². The molecule has 7 heteroatoms. The van der Waals surface area contributed by atoms with Gasteiger partial charge in [0.25, 0.3) is 5.91 Å². The standard InChI is InChI=1S/C25H21ClN2O4/c26-20-9-1-16(2-10-20)15-22(29)27-21-11-7-18(8-12-21)17-3-5-19(6-4-17)23(30)28-25(13-14-25)24(31)32/h1-12H,13-15H2,(H,27,29)(H,28,30)(H,31,32). The smallest absolute Gasteiger partial charge is 0.329 e. The number of anilines is 1. The van der Waals surface area contributed by atoms with Crippen LogP contribution in [0.1, 0.15) is 28.8 Å². The fourth-order valence-corrected chi connectivity index (χ4v) is 3.49. The highest BCUT2D eigenvalue weighted by Crippen LogP contribution is 2.35. The van der Waals surface area contributed by atoms with Gasteiger partial charge in [-0.1, -0.05) is 48.0 Å². The summed E-state index contributed by atoms with van der Waals surface area (Å²) in [6.45, 7) is 0. The van der Waals surface area contributed by atoms with Gasteiger partial charge in [0.05, 0.1) is 6.42 Å². The van der Waals surface area contributed by atoms with Gasteiger partial charge >= 0.3 is 5.97 Å².